The summed E-state index contributed by atoms with van der Waals surface area (Å²) in [5.41, 5.74) is 1.66. The lowest BCUT2D eigenvalue weighted by Crippen LogP contribution is -2.40. The van der Waals surface area contributed by atoms with E-state index in [4.69, 9.17) is 9.47 Å². The van der Waals surface area contributed by atoms with Crippen molar-refractivity contribution < 1.29 is 19.1 Å². The van der Waals surface area contributed by atoms with Crippen LogP contribution in [0.2, 0.25) is 25.7 Å². The van der Waals surface area contributed by atoms with Gasteiger partial charge < -0.3 is 18.9 Å². The summed E-state index contributed by atoms with van der Waals surface area (Å²) in [5.74, 6) is -0.0525. The monoisotopic (exact) mass is 494 g/mol. The third kappa shape index (κ3) is 6.76. The number of carbonyl (C=O) groups excluding carboxylic acids is 2. The molecule has 3 heterocycles. The van der Waals surface area contributed by atoms with Crippen LogP contribution in [0.4, 0.5) is 4.79 Å². The molecule has 1 aromatic carbocycles. The number of nitrogens with zero attached hydrogens (tertiary/aromatic N) is 4. The first kappa shape index (κ1) is 25.1. The zero-order chi connectivity index (χ0) is 24.8. The molecule has 0 saturated carbocycles. The van der Waals surface area contributed by atoms with Gasteiger partial charge in [-0.3, -0.25) is 4.79 Å². The van der Waals surface area contributed by atoms with Crippen LogP contribution in [0, 0.1) is 5.92 Å². The third-order valence-corrected chi connectivity index (χ3v) is 7.98. The number of ether oxygens (including phenoxy) is 2. The van der Waals surface area contributed by atoms with Crippen LogP contribution in [0.1, 0.15) is 29.0 Å². The number of amides is 1. The fraction of sp³-hybridized carbons (Fsp3) is 0.462. The molecule has 186 valence electrons. The molecule has 8 nitrogen and oxygen atoms in total. The molecule has 2 aromatic heterocycles. The molecule has 0 unspecified atom stereocenters. The lowest BCUT2D eigenvalue weighted by atomic mass is 9.92. The van der Waals surface area contributed by atoms with Crippen molar-refractivity contribution in [2.45, 2.75) is 51.9 Å². The number of ketones is 1. The van der Waals surface area contributed by atoms with Crippen LogP contribution in [0.5, 0.6) is 0 Å². The fourth-order valence-electron chi connectivity index (χ4n) is 4.05. The molecule has 35 heavy (non-hydrogen) atoms. The lowest BCUT2D eigenvalue weighted by Gasteiger charge is -2.30. The van der Waals surface area contributed by atoms with E-state index in [0.717, 1.165) is 23.6 Å². The molecule has 0 radical (unpaired) electrons. The minimum absolute atomic E-state index is 0.0726. The van der Waals surface area contributed by atoms with Crippen LogP contribution in [0.25, 0.3) is 11.0 Å². The summed E-state index contributed by atoms with van der Waals surface area (Å²) >= 11 is 0. The highest BCUT2D eigenvalue weighted by molar-refractivity contribution is 6.76. The largest absolute Gasteiger partial charge is 0.445 e. The van der Waals surface area contributed by atoms with Gasteiger partial charge >= 0.3 is 6.09 Å². The molecule has 0 atom stereocenters. The lowest BCUT2D eigenvalue weighted by molar-refractivity contribution is 0.0707. The van der Waals surface area contributed by atoms with Crippen LogP contribution >= 0.6 is 0 Å². The molecule has 1 saturated heterocycles. The second-order valence-electron chi connectivity index (χ2n) is 10.3. The summed E-state index contributed by atoms with van der Waals surface area (Å²) in [4.78, 5) is 36.1. The first-order valence-corrected chi connectivity index (χ1v) is 15.9. The standard InChI is InChI=1S/C26H34N4O4Si/c1-35(2,3)16-15-33-19-30-14-11-22-17-27-24(28-25(22)30)23(31)21-9-12-29(13-10-21)26(32)34-18-20-7-5-4-6-8-20/h4-8,11,14,17,21H,9-10,12-13,15-16,18-19H2,1-3H3. The third-order valence-electron chi connectivity index (χ3n) is 6.28. The van der Waals surface area contributed by atoms with Crippen LogP contribution in [0.15, 0.2) is 48.8 Å². The Kier molecular flexibility index (Phi) is 7.97. The first-order valence-electron chi connectivity index (χ1n) is 12.2. The molecule has 3 aromatic rings. The Morgan fingerprint density at radius 1 is 1.09 bits per heavy atom. The van der Waals surface area contributed by atoms with Gasteiger partial charge in [0, 0.05) is 51.5 Å². The SMILES string of the molecule is C[Si](C)(C)CCOCn1ccc2cnc(C(=O)C3CCN(C(=O)OCc4ccccc4)CC3)nc21. The minimum Gasteiger partial charge on any atom is -0.445 e. The maximum atomic E-state index is 13.1. The van der Waals surface area contributed by atoms with E-state index in [1.54, 1.807) is 11.1 Å². The van der Waals surface area contributed by atoms with Crippen LogP contribution in [-0.4, -0.2) is 59.1 Å². The van der Waals surface area contributed by atoms with E-state index in [1.807, 2.05) is 47.2 Å². The average Bonchev–Trinajstić information content (AvgIpc) is 3.27. The predicted octanol–water partition coefficient (Wildman–Crippen LogP) is 4.98. The van der Waals surface area contributed by atoms with Crippen molar-refractivity contribution in [2.75, 3.05) is 19.7 Å². The van der Waals surface area contributed by atoms with E-state index < -0.39 is 8.07 Å². The molecule has 0 bridgehead atoms. The highest BCUT2D eigenvalue weighted by atomic mass is 28.3. The van der Waals surface area contributed by atoms with Crippen molar-refractivity contribution in [3.05, 3.63) is 60.2 Å². The molecule has 4 rings (SSSR count). The highest BCUT2D eigenvalue weighted by Gasteiger charge is 2.30. The Morgan fingerprint density at radius 3 is 2.54 bits per heavy atom. The van der Waals surface area contributed by atoms with E-state index in [-0.39, 0.29) is 30.2 Å². The van der Waals surface area contributed by atoms with Crippen molar-refractivity contribution in [1.82, 2.24) is 19.4 Å². The quantitative estimate of drug-likeness (QED) is 0.237. The van der Waals surface area contributed by atoms with E-state index in [0.29, 0.717) is 38.3 Å². The second kappa shape index (κ2) is 11.1. The van der Waals surface area contributed by atoms with Gasteiger partial charge in [-0.05, 0) is 30.5 Å². The van der Waals surface area contributed by atoms with Crippen LogP contribution in [0.3, 0.4) is 0 Å². The molecule has 1 amide bonds. The van der Waals surface area contributed by atoms with Crippen molar-refractivity contribution >= 4 is 31.0 Å². The minimum atomic E-state index is -1.15. The van der Waals surface area contributed by atoms with Crippen molar-refractivity contribution in [3.63, 3.8) is 0 Å². The number of Topliss-reactive ketones (excluding diaryl/α,β-unsaturated/α-hetero) is 1. The van der Waals surface area contributed by atoms with Crippen molar-refractivity contribution in [1.29, 1.82) is 0 Å². The number of rotatable bonds is 9. The maximum Gasteiger partial charge on any atom is 0.410 e. The summed E-state index contributed by atoms with van der Waals surface area (Å²) in [6.07, 6.45) is 4.42. The Morgan fingerprint density at radius 2 is 1.83 bits per heavy atom. The average molecular weight is 495 g/mol. The summed E-state index contributed by atoms with van der Waals surface area (Å²) < 4.78 is 13.2. The topological polar surface area (TPSA) is 86.6 Å². The van der Waals surface area contributed by atoms with Gasteiger partial charge in [0.25, 0.3) is 0 Å². The molecular formula is C26H34N4O4Si. The molecule has 1 aliphatic rings. The van der Waals surface area contributed by atoms with E-state index >= 15 is 0 Å². The number of piperidine rings is 1. The Labute approximate surface area is 207 Å². The molecule has 9 heteroatoms. The van der Waals surface area contributed by atoms with Crippen LogP contribution in [-0.2, 0) is 22.8 Å². The molecule has 0 N–H and O–H groups in total. The van der Waals surface area contributed by atoms with E-state index in [9.17, 15) is 9.59 Å². The molecule has 0 aliphatic carbocycles. The maximum absolute atomic E-state index is 13.1. The summed E-state index contributed by atoms with van der Waals surface area (Å²) in [6, 6.07) is 12.6. The molecule has 0 spiro atoms. The molecule has 1 aliphatic heterocycles. The fourth-order valence-corrected chi connectivity index (χ4v) is 4.81. The van der Waals surface area contributed by atoms with Crippen molar-refractivity contribution in [3.8, 4) is 0 Å². The smallest absolute Gasteiger partial charge is 0.410 e. The van der Waals surface area contributed by atoms with E-state index in [2.05, 4.69) is 29.6 Å². The Bertz CT molecular complexity index is 1150. The van der Waals surface area contributed by atoms with E-state index in [1.165, 1.54) is 0 Å². The van der Waals surface area contributed by atoms with Gasteiger partial charge in [0.15, 0.2) is 5.82 Å². The Balaban J connectivity index is 1.31. The number of benzene rings is 1. The van der Waals surface area contributed by atoms with Gasteiger partial charge in [0.2, 0.25) is 5.78 Å². The van der Waals surface area contributed by atoms with Gasteiger partial charge in [-0.1, -0.05) is 50.0 Å². The number of likely N-dealkylation sites (tertiary alicyclic amines) is 1. The highest BCUT2D eigenvalue weighted by Crippen LogP contribution is 2.22. The number of hydrogen-bond donors (Lipinski definition) is 0. The zero-order valence-electron chi connectivity index (χ0n) is 20.8. The second-order valence-corrected chi connectivity index (χ2v) is 15.9. The summed E-state index contributed by atoms with van der Waals surface area (Å²) in [7, 11) is -1.15. The van der Waals surface area contributed by atoms with Crippen LogP contribution < -0.4 is 0 Å². The first-order chi connectivity index (χ1) is 16.8. The summed E-state index contributed by atoms with van der Waals surface area (Å²) in [5, 5.41) is 0.881. The van der Waals surface area contributed by atoms with Gasteiger partial charge in [0.1, 0.15) is 19.0 Å². The number of aromatic nitrogens is 3. The normalized spacial score (nSPS) is 14.9. The van der Waals surface area contributed by atoms with Gasteiger partial charge in [-0.15, -0.1) is 0 Å². The van der Waals surface area contributed by atoms with Gasteiger partial charge in [-0.2, -0.15) is 0 Å². The zero-order valence-corrected chi connectivity index (χ0v) is 21.8. The molecule has 1 fully saturated rings. The van der Waals surface area contributed by atoms with Crippen molar-refractivity contribution in [2.24, 2.45) is 5.92 Å². The van der Waals surface area contributed by atoms with Gasteiger partial charge in [-0.25, -0.2) is 14.8 Å². The van der Waals surface area contributed by atoms with Gasteiger partial charge in [0.05, 0.1) is 0 Å². The molecular weight excluding hydrogens is 460 g/mol. The number of hydrogen-bond acceptors (Lipinski definition) is 6. The number of fused-ring (bicyclic) bond motifs is 1. The number of carbonyl (C=O) groups is 2. The summed E-state index contributed by atoms with van der Waals surface area (Å²) in [6.45, 7) is 9.30. The predicted molar refractivity (Wildman–Crippen MR) is 137 cm³/mol. The Hall–Kier alpha value is -3.04.